The highest BCUT2D eigenvalue weighted by molar-refractivity contribution is 6.34. The topological polar surface area (TPSA) is 91.5 Å². The molecule has 0 atom stereocenters. The summed E-state index contributed by atoms with van der Waals surface area (Å²) in [6.45, 7) is 6.38. The maximum atomic E-state index is 7.88. The van der Waals surface area contributed by atoms with Crippen LogP contribution in [0.4, 0.5) is 5.69 Å². The second-order valence-electron chi connectivity index (χ2n) is 4.02. The number of nitrogens with zero attached hydrogens (tertiary/aromatic N) is 2. The Hall–Kier alpha value is -1.75. The highest BCUT2D eigenvalue weighted by Crippen LogP contribution is 2.31. The number of halogens is 1. The minimum atomic E-state index is -0.140. The monoisotopic (exact) mass is 267 g/mol. The van der Waals surface area contributed by atoms with E-state index in [1.165, 1.54) is 0 Å². The second-order valence-corrected chi connectivity index (χ2v) is 4.42. The standard InChI is InChI=1S/C12H18ClN5/c1-4-18(12(16)17-11(14)15)10-8(3)5-7(2)6-9(10)13/h5-6H,4H2,1-3H3,(H5,14,15,16,17). The number of guanidine groups is 2. The quantitative estimate of drug-likeness (QED) is 0.565. The van der Waals surface area contributed by atoms with Gasteiger partial charge in [0, 0.05) is 6.54 Å². The summed E-state index contributed by atoms with van der Waals surface area (Å²) in [4.78, 5) is 5.42. The van der Waals surface area contributed by atoms with E-state index >= 15 is 0 Å². The van der Waals surface area contributed by atoms with Crippen LogP contribution in [0.25, 0.3) is 0 Å². The van der Waals surface area contributed by atoms with Gasteiger partial charge in [0.2, 0.25) is 5.96 Å². The van der Waals surface area contributed by atoms with Crippen LogP contribution in [0.2, 0.25) is 5.02 Å². The fourth-order valence-corrected chi connectivity index (χ4v) is 2.27. The summed E-state index contributed by atoms with van der Waals surface area (Å²) in [5, 5.41) is 8.47. The first-order valence-electron chi connectivity index (χ1n) is 5.59. The van der Waals surface area contributed by atoms with Gasteiger partial charge in [0.25, 0.3) is 0 Å². The Bertz CT molecular complexity index is 468. The average molecular weight is 268 g/mol. The maximum absolute atomic E-state index is 7.88. The molecule has 6 heteroatoms. The first-order chi connectivity index (χ1) is 8.36. The predicted molar refractivity (Wildman–Crippen MR) is 77.5 cm³/mol. The summed E-state index contributed by atoms with van der Waals surface area (Å²) in [7, 11) is 0. The Kier molecular flexibility index (Phi) is 4.55. The Morgan fingerprint density at radius 1 is 1.39 bits per heavy atom. The lowest BCUT2D eigenvalue weighted by atomic mass is 10.1. The number of hydrogen-bond donors (Lipinski definition) is 3. The van der Waals surface area contributed by atoms with E-state index in [2.05, 4.69) is 4.99 Å². The number of benzene rings is 1. The molecule has 0 aliphatic heterocycles. The maximum Gasteiger partial charge on any atom is 0.225 e. The zero-order valence-corrected chi connectivity index (χ0v) is 11.5. The van der Waals surface area contributed by atoms with Gasteiger partial charge in [-0.2, -0.15) is 4.99 Å². The number of nitrogens with two attached hydrogens (primary N) is 2. The summed E-state index contributed by atoms with van der Waals surface area (Å²) in [5.41, 5.74) is 13.4. The molecule has 0 saturated carbocycles. The molecule has 5 nitrogen and oxygen atoms in total. The molecule has 18 heavy (non-hydrogen) atoms. The zero-order valence-electron chi connectivity index (χ0n) is 10.8. The molecule has 0 aliphatic carbocycles. The van der Waals surface area contributed by atoms with Gasteiger partial charge in [-0.05, 0) is 38.0 Å². The first-order valence-corrected chi connectivity index (χ1v) is 5.97. The van der Waals surface area contributed by atoms with E-state index in [9.17, 15) is 0 Å². The third kappa shape index (κ3) is 3.13. The molecule has 0 bridgehead atoms. The average Bonchev–Trinajstić information content (AvgIpc) is 2.21. The summed E-state index contributed by atoms with van der Waals surface area (Å²) in [5.74, 6) is -0.161. The van der Waals surface area contributed by atoms with Crippen molar-refractivity contribution in [3.8, 4) is 0 Å². The third-order valence-corrected chi connectivity index (χ3v) is 2.76. The van der Waals surface area contributed by atoms with Crippen molar-refractivity contribution in [3.63, 3.8) is 0 Å². The molecule has 98 valence electrons. The van der Waals surface area contributed by atoms with E-state index in [1.807, 2.05) is 32.9 Å². The van der Waals surface area contributed by atoms with Crippen molar-refractivity contribution in [1.82, 2.24) is 0 Å². The minimum Gasteiger partial charge on any atom is -0.370 e. The summed E-state index contributed by atoms with van der Waals surface area (Å²) in [6, 6.07) is 3.86. The van der Waals surface area contributed by atoms with Crippen LogP contribution in [0.3, 0.4) is 0 Å². The number of rotatable bonds is 2. The van der Waals surface area contributed by atoms with Crippen LogP contribution < -0.4 is 16.4 Å². The number of hydrogen-bond acceptors (Lipinski definition) is 1. The van der Waals surface area contributed by atoms with Gasteiger partial charge in [0.15, 0.2) is 5.96 Å². The van der Waals surface area contributed by atoms with Gasteiger partial charge < -0.3 is 16.4 Å². The molecule has 1 aromatic carbocycles. The van der Waals surface area contributed by atoms with E-state index in [-0.39, 0.29) is 11.9 Å². The smallest absolute Gasteiger partial charge is 0.225 e. The number of nitrogens with one attached hydrogen (secondary N) is 1. The van der Waals surface area contributed by atoms with Gasteiger partial charge in [-0.15, -0.1) is 0 Å². The van der Waals surface area contributed by atoms with Crippen LogP contribution in [-0.4, -0.2) is 18.5 Å². The molecule has 0 aliphatic rings. The zero-order chi connectivity index (χ0) is 13.9. The molecule has 0 fully saturated rings. The predicted octanol–water partition coefficient (Wildman–Crippen LogP) is 1.99. The van der Waals surface area contributed by atoms with Crippen molar-refractivity contribution in [2.75, 3.05) is 11.4 Å². The lowest BCUT2D eigenvalue weighted by Gasteiger charge is -2.24. The van der Waals surface area contributed by atoms with Gasteiger partial charge in [0.1, 0.15) is 0 Å². The highest BCUT2D eigenvalue weighted by Gasteiger charge is 2.16. The SMILES string of the molecule is CCN(C(=N)N=C(N)N)c1c(C)cc(C)cc1Cl. The van der Waals surface area contributed by atoms with Gasteiger partial charge >= 0.3 is 0 Å². The van der Waals surface area contributed by atoms with Crippen molar-refractivity contribution >= 4 is 29.2 Å². The molecule has 0 spiro atoms. The van der Waals surface area contributed by atoms with Gasteiger partial charge in [-0.25, -0.2) is 0 Å². The number of aliphatic imine (C=N–C) groups is 1. The van der Waals surface area contributed by atoms with Crippen LogP contribution in [0.1, 0.15) is 18.1 Å². The van der Waals surface area contributed by atoms with Crippen LogP contribution in [0.5, 0.6) is 0 Å². The Morgan fingerprint density at radius 2 is 2.00 bits per heavy atom. The molecule has 1 aromatic rings. The highest BCUT2D eigenvalue weighted by atomic mass is 35.5. The second kappa shape index (κ2) is 5.73. The molecule has 0 unspecified atom stereocenters. The molecule has 5 N–H and O–H groups in total. The van der Waals surface area contributed by atoms with Crippen LogP contribution in [-0.2, 0) is 0 Å². The number of anilines is 1. The van der Waals surface area contributed by atoms with Crippen LogP contribution in [0, 0.1) is 19.3 Å². The lowest BCUT2D eigenvalue weighted by Crippen LogP contribution is -2.33. The van der Waals surface area contributed by atoms with Gasteiger partial charge in [-0.1, -0.05) is 17.7 Å². The van der Waals surface area contributed by atoms with Crippen molar-refractivity contribution in [2.24, 2.45) is 16.5 Å². The van der Waals surface area contributed by atoms with E-state index in [1.54, 1.807) is 4.90 Å². The van der Waals surface area contributed by atoms with Gasteiger partial charge in [-0.3, -0.25) is 5.41 Å². The third-order valence-electron chi connectivity index (χ3n) is 2.48. The van der Waals surface area contributed by atoms with E-state index in [4.69, 9.17) is 28.5 Å². The summed E-state index contributed by atoms with van der Waals surface area (Å²) >= 11 is 6.24. The first kappa shape index (κ1) is 14.3. The normalized spacial score (nSPS) is 10.0. The molecular weight excluding hydrogens is 250 g/mol. The summed E-state index contributed by atoms with van der Waals surface area (Å²) in [6.07, 6.45) is 0. The van der Waals surface area contributed by atoms with E-state index in [0.29, 0.717) is 11.6 Å². The van der Waals surface area contributed by atoms with Crippen molar-refractivity contribution in [1.29, 1.82) is 5.41 Å². The minimum absolute atomic E-state index is 0.0219. The Labute approximate surface area is 112 Å². The van der Waals surface area contributed by atoms with Crippen molar-refractivity contribution < 1.29 is 0 Å². The largest absolute Gasteiger partial charge is 0.370 e. The van der Waals surface area contributed by atoms with Crippen molar-refractivity contribution in [3.05, 3.63) is 28.3 Å². The Balaban J connectivity index is 3.26. The fourth-order valence-electron chi connectivity index (χ4n) is 1.85. The van der Waals surface area contributed by atoms with Crippen molar-refractivity contribution in [2.45, 2.75) is 20.8 Å². The molecule has 0 radical (unpaired) electrons. The number of aryl methyl sites for hydroxylation is 2. The lowest BCUT2D eigenvalue weighted by molar-refractivity contribution is 1.02. The van der Waals surface area contributed by atoms with Gasteiger partial charge in [0.05, 0.1) is 10.7 Å². The van der Waals surface area contributed by atoms with Crippen LogP contribution >= 0.6 is 11.6 Å². The Morgan fingerprint density at radius 3 is 2.44 bits per heavy atom. The molecule has 1 rings (SSSR count). The molecule has 0 heterocycles. The molecular formula is C12H18ClN5. The molecule has 0 amide bonds. The van der Waals surface area contributed by atoms with Crippen LogP contribution in [0.15, 0.2) is 17.1 Å². The summed E-state index contributed by atoms with van der Waals surface area (Å²) < 4.78 is 0. The molecule has 0 saturated heterocycles. The molecule has 0 aromatic heterocycles. The fraction of sp³-hybridized carbons (Fsp3) is 0.333. The van der Waals surface area contributed by atoms with E-state index < -0.39 is 0 Å². The van der Waals surface area contributed by atoms with E-state index in [0.717, 1.165) is 16.8 Å².